The average molecular weight is 157 g/mol. The molecule has 0 fully saturated rings. The Kier molecular flexibility index (Phi) is 3.30. The van der Waals surface area contributed by atoms with E-state index >= 15 is 0 Å². The lowest BCUT2D eigenvalue weighted by molar-refractivity contribution is -0.135. The van der Waals surface area contributed by atoms with Gasteiger partial charge in [0.05, 0.1) is 7.11 Å². The minimum Gasteiger partial charge on any atom is -0.512 e. The lowest BCUT2D eigenvalue weighted by Crippen LogP contribution is -2.13. The number of hydrogen-bond donors (Lipinski definition) is 2. The number of carbonyl (C=O) groups is 1. The van der Waals surface area contributed by atoms with Gasteiger partial charge < -0.3 is 15.3 Å². The van der Waals surface area contributed by atoms with Crippen LogP contribution in [0.3, 0.4) is 0 Å². The number of hydrogen-bond acceptors (Lipinski definition) is 4. The number of allylic oxidation sites excluding steroid dienone is 1. The summed E-state index contributed by atoms with van der Waals surface area (Å²) in [6.07, 6.45) is 0. The van der Waals surface area contributed by atoms with Gasteiger partial charge in [-0.05, 0) is 13.8 Å². The highest BCUT2D eigenvalue weighted by Gasteiger charge is 2.14. The van der Waals surface area contributed by atoms with Crippen molar-refractivity contribution < 1.29 is 14.6 Å². The average Bonchev–Trinajstić information content (AvgIpc) is 1.85. The van der Waals surface area contributed by atoms with Crippen LogP contribution in [0, 0.1) is 5.41 Å². The zero-order valence-electron chi connectivity index (χ0n) is 6.76. The molecule has 0 amide bonds. The fraction of sp³-hybridized carbons (Fsp3) is 0.429. The number of aliphatic hydroxyl groups is 1. The van der Waals surface area contributed by atoms with Gasteiger partial charge in [0.1, 0.15) is 11.3 Å². The first-order chi connectivity index (χ1) is 5.00. The first-order valence-corrected chi connectivity index (χ1v) is 3.04. The second-order valence-corrected chi connectivity index (χ2v) is 2.08. The van der Waals surface area contributed by atoms with Crippen LogP contribution in [0.1, 0.15) is 13.8 Å². The molecule has 0 aromatic rings. The van der Waals surface area contributed by atoms with Crippen molar-refractivity contribution in [1.29, 1.82) is 5.41 Å². The molecule has 4 nitrogen and oxygen atoms in total. The Morgan fingerprint density at radius 3 is 2.00 bits per heavy atom. The number of nitrogens with one attached hydrogen (secondary N) is 1. The predicted molar refractivity (Wildman–Crippen MR) is 40.7 cm³/mol. The van der Waals surface area contributed by atoms with E-state index in [1.807, 2.05) is 0 Å². The van der Waals surface area contributed by atoms with Crippen LogP contribution >= 0.6 is 0 Å². The molecule has 62 valence electrons. The Hall–Kier alpha value is -1.32. The molecule has 0 aliphatic carbocycles. The number of carbonyl (C=O) groups excluding carboxylic acids is 1. The molecule has 0 spiro atoms. The number of aliphatic hydroxyl groups excluding tert-OH is 1. The van der Waals surface area contributed by atoms with Gasteiger partial charge in [-0.3, -0.25) is 0 Å². The Bertz CT molecular complexity index is 214. The third-order valence-electron chi connectivity index (χ3n) is 1.13. The Morgan fingerprint density at radius 2 is 1.91 bits per heavy atom. The molecule has 0 rings (SSSR count). The van der Waals surface area contributed by atoms with Crippen molar-refractivity contribution in [3.05, 3.63) is 11.3 Å². The summed E-state index contributed by atoms with van der Waals surface area (Å²) in [5.74, 6) is -0.873. The number of esters is 1. The van der Waals surface area contributed by atoms with Crippen LogP contribution in [0.5, 0.6) is 0 Å². The minimum atomic E-state index is -0.683. The number of methoxy groups -OCH3 is 1. The molecule has 11 heavy (non-hydrogen) atoms. The van der Waals surface area contributed by atoms with Crippen LogP contribution in [0.15, 0.2) is 11.3 Å². The zero-order valence-corrected chi connectivity index (χ0v) is 6.76. The van der Waals surface area contributed by atoms with Crippen molar-refractivity contribution in [2.75, 3.05) is 7.11 Å². The normalized spacial score (nSPS) is 11.9. The highest BCUT2D eigenvalue weighted by atomic mass is 16.5. The molecule has 0 atom stereocenters. The summed E-state index contributed by atoms with van der Waals surface area (Å²) in [4.78, 5) is 10.8. The van der Waals surface area contributed by atoms with E-state index in [1.165, 1.54) is 21.0 Å². The summed E-state index contributed by atoms with van der Waals surface area (Å²) in [5, 5.41) is 16.0. The van der Waals surface area contributed by atoms with Gasteiger partial charge in [0.15, 0.2) is 0 Å². The quantitative estimate of drug-likeness (QED) is 0.272. The lowest BCUT2D eigenvalue weighted by atomic mass is 10.1. The molecule has 2 N–H and O–H groups in total. The Balaban J connectivity index is 4.79. The van der Waals surface area contributed by atoms with Crippen LogP contribution in [-0.2, 0) is 9.53 Å². The van der Waals surface area contributed by atoms with E-state index in [9.17, 15) is 4.79 Å². The van der Waals surface area contributed by atoms with Gasteiger partial charge in [0.25, 0.3) is 0 Å². The fourth-order valence-corrected chi connectivity index (χ4v) is 0.674. The molecular formula is C7H11NO3. The standard InChI is InChI=1S/C7H11NO3/c1-4(8)6(5(2)9)7(10)11-3/h8-9H,1-3H3. The lowest BCUT2D eigenvalue weighted by Gasteiger charge is -2.03. The van der Waals surface area contributed by atoms with Crippen LogP contribution < -0.4 is 0 Å². The summed E-state index contributed by atoms with van der Waals surface area (Å²) in [6.45, 7) is 2.75. The summed E-state index contributed by atoms with van der Waals surface area (Å²) in [6, 6.07) is 0. The van der Waals surface area contributed by atoms with Gasteiger partial charge in [-0.2, -0.15) is 0 Å². The van der Waals surface area contributed by atoms with E-state index < -0.39 is 5.97 Å². The molecular weight excluding hydrogens is 146 g/mol. The Morgan fingerprint density at radius 1 is 1.45 bits per heavy atom. The van der Waals surface area contributed by atoms with Crippen molar-refractivity contribution in [1.82, 2.24) is 0 Å². The van der Waals surface area contributed by atoms with Crippen LogP contribution in [0.2, 0.25) is 0 Å². The maximum atomic E-state index is 10.8. The van der Waals surface area contributed by atoms with Crippen molar-refractivity contribution in [2.45, 2.75) is 13.8 Å². The maximum Gasteiger partial charge on any atom is 0.343 e. The number of rotatable bonds is 2. The van der Waals surface area contributed by atoms with E-state index in [-0.39, 0.29) is 17.0 Å². The molecule has 0 unspecified atom stereocenters. The molecule has 0 saturated carbocycles. The number of ether oxygens (including phenoxy) is 1. The van der Waals surface area contributed by atoms with E-state index in [2.05, 4.69) is 4.74 Å². The highest BCUT2D eigenvalue weighted by molar-refractivity contribution is 6.17. The second kappa shape index (κ2) is 3.75. The molecule has 0 aromatic carbocycles. The molecule has 0 aromatic heterocycles. The first-order valence-electron chi connectivity index (χ1n) is 3.04. The summed E-state index contributed by atoms with van der Waals surface area (Å²) in [7, 11) is 1.20. The topological polar surface area (TPSA) is 70.4 Å². The summed E-state index contributed by atoms with van der Waals surface area (Å²) >= 11 is 0. The third-order valence-corrected chi connectivity index (χ3v) is 1.13. The second-order valence-electron chi connectivity index (χ2n) is 2.08. The van der Waals surface area contributed by atoms with Gasteiger partial charge in [-0.1, -0.05) is 0 Å². The molecule has 0 saturated heterocycles. The largest absolute Gasteiger partial charge is 0.512 e. The monoisotopic (exact) mass is 157 g/mol. The van der Waals surface area contributed by atoms with Crippen LogP contribution in [0.25, 0.3) is 0 Å². The fourth-order valence-electron chi connectivity index (χ4n) is 0.674. The summed E-state index contributed by atoms with van der Waals surface area (Å²) < 4.78 is 4.34. The van der Waals surface area contributed by atoms with Gasteiger partial charge in [-0.25, -0.2) is 4.79 Å². The maximum absolute atomic E-state index is 10.8. The van der Waals surface area contributed by atoms with Crippen molar-refractivity contribution in [3.8, 4) is 0 Å². The smallest absolute Gasteiger partial charge is 0.343 e. The van der Waals surface area contributed by atoms with Gasteiger partial charge in [0.2, 0.25) is 0 Å². The molecule has 0 heterocycles. The van der Waals surface area contributed by atoms with E-state index in [0.717, 1.165) is 0 Å². The molecule has 0 radical (unpaired) electrons. The van der Waals surface area contributed by atoms with E-state index in [0.29, 0.717) is 0 Å². The molecule has 4 heteroatoms. The Labute approximate surface area is 65.0 Å². The third kappa shape index (κ3) is 2.41. The highest BCUT2D eigenvalue weighted by Crippen LogP contribution is 2.04. The molecule has 0 aliphatic rings. The molecule has 0 bridgehead atoms. The van der Waals surface area contributed by atoms with Crippen LogP contribution in [0.4, 0.5) is 0 Å². The zero-order chi connectivity index (χ0) is 9.02. The van der Waals surface area contributed by atoms with Crippen LogP contribution in [-0.4, -0.2) is 23.9 Å². The first kappa shape index (κ1) is 9.68. The van der Waals surface area contributed by atoms with Crippen molar-refractivity contribution in [3.63, 3.8) is 0 Å². The minimum absolute atomic E-state index is 0.00292. The van der Waals surface area contributed by atoms with Gasteiger partial charge in [-0.15, -0.1) is 0 Å². The predicted octanol–water partition coefficient (Wildman–Crippen LogP) is 1.03. The van der Waals surface area contributed by atoms with E-state index in [1.54, 1.807) is 0 Å². The van der Waals surface area contributed by atoms with E-state index in [4.69, 9.17) is 10.5 Å². The van der Waals surface area contributed by atoms with Crippen molar-refractivity contribution in [2.24, 2.45) is 0 Å². The van der Waals surface area contributed by atoms with Gasteiger partial charge >= 0.3 is 5.97 Å². The SMILES string of the molecule is COC(=O)C(C(C)=N)=C(C)O. The van der Waals surface area contributed by atoms with Crippen molar-refractivity contribution >= 4 is 11.7 Å². The van der Waals surface area contributed by atoms with Gasteiger partial charge in [0, 0.05) is 5.71 Å². The molecule has 0 aliphatic heterocycles. The summed E-state index contributed by atoms with van der Waals surface area (Å²) in [5.41, 5.74) is -0.0793.